The van der Waals surface area contributed by atoms with Gasteiger partial charge in [-0.05, 0) is 61.3 Å². The minimum Gasteiger partial charge on any atom is -0.349 e. The molecule has 8 heteroatoms. The van der Waals surface area contributed by atoms with E-state index in [2.05, 4.69) is 27.9 Å². The Kier molecular flexibility index (Phi) is 5.10. The van der Waals surface area contributed by atoms with E-state index in [1.807, 2.05) is 4.68 Å². The summed E-state index contributed by atoms with van der Waals surface area (Å²) in [5, 5.41) is 14.7. The van der Waals surface area contributed by atoms with Crippen LogP contribution in [-0.2, 0) is 4.79 Å². The zero-order valence-corrected chi connectivity index (χ0v) is 16.7. The van der Waals surface area contributed by atoms with Crippen LogP contribution in [0.25, 0.3) is 0 Å². The zero-order chi connectivity index (χ0) is 19.8. The molecule has 2 N–H and O–H groups in total. The molecule has 0 saturated heterocycles. The van der Waals surface area contributed by atoms with Crippen LogP contribution < -0.4 is 10.6 Å². The van der Waals surface area contributed by atoms with E-state index >= 15 is 0 Å². The number of hydrogen-bond acceptors (Lipinski definition) is 4. The maximum Gasteiger partial charge on any atom is 0.251 e. The lowest BCUT2D eigenvalue weighted by Crippen LogP contribution is -2.37. The maximum atomic E-state index is 12.5. The molecule has 2 amide bonds. The molecule has 7 nitrogen and oxygen atoms in total. The van der Waals surface area contributed by atoms with E-state index in [1.54, 1.807) is 30.5 Å². The topological polar surface area (TPSA) is 88.9 Å². The van der Waals surface area contributed by atoms with Crippen molar-refractivity contribution in [3.8, 4) is 0 Å². The predicted octanol–water partition coefficient (Wildman–Crippen LogP) is 3.30. The van der Waals surface area contributed by atoms with Crippen LogP contribution in [0.5, 0.6) is 0 Å². The summed E-state index contributed by atoms with van der Waals surface area (Å²) in [6, 6.07) is 7.48. The molecule has 2 fully saturated rings. The number of anilines is 1. The van der Waals surface area contributed by atoms with Gasteiger partial charge in [0.2, 0.25) is 5.91 Å². The smallest absolute Gasteiger partial charge is 0.251 e. The Morgan fingerprint density at radius 2 is 1.93 bits per heavy atom. The van der Waals surface area contributed by atoms with Crippen LogP contribution in [0, 0.1) is 17.8 Å². The number of fused-ring (bicyclic) bond motifs is 1. The zero-order valence-electron chi connectivity index (χ0n) is 15.9. The van der Waals surface area contributed by atoms with Gasteiger partial charge < -0.3 is 10.6 Å². The van der Waals surface area contributed by atoms with Gasteiger partial charge in [0, 0.05) is 23.6 Å². The number of benzene rings is 1. The predicted molar refractivity (Wildman–Crippen MR) is 106 cm³/mol. The Bertz CT molecular complexity index is 869. The minimum atomic E-state index is -0.149. The maximum absolute atomic E-state index is 12.5. The molecule has 0 radical (unpaired) electrons. The second-order valence-corrected chi connectivity index (χ2v) is 8.23. The standard InChI is InChI=1S/C20H24ClN5O2/c1-3-17(23-20(28)12-4-6-13(21)7-5-12)19-15-8-14(9-16(15)19)26-10-18(24-25-26)22-11(2)27/h4-7,10,14-17,19H,3,8-9H2,1-2H3,(H,22,27)(H,23,28)/t14?,15-,16+,17?,19?. The van der Waals surface area contributed by atoms with E-state index in [0.717, 1.165) is 19.3 Å². The van der Waals surface area contributed by atoms with Gasteiger partial charge in [-0.2, -0.15) is 0 Å². The van der Waals surface area contributed by atoms with E-state index in [1.165, 1.54) is 6.92 Å². The summed E-state index contributed by atoms with van der Waals surface area (Å²) in [6.07, 6.45) is 4.78. The van der Waals surface area contributed by atoms with Crippen molar-refractivity contribution in [2.45, 2.75) is 45.2 Å². The fraction of sp³-hybridized carbons (Fsp3) is 0.500. The summed E-state index contributed by atoms with van der Waals surface area (Å²) in [7, 11) is 0. The summed E-state index contributed by atoms with van der Waals surface area (Å²) in [6.45, 7) is 3.58. The first-order chi connectivity index (χ1) is 13.5. The lowest BCUT2D eigenvalue weighted by molar-refractivity contribution is -0.114. The largest absolute Gasteiger partial charge is 0.349 e. The van der Waals surface area contributed by atoms with Gasteiger partial charge in [0.15, 0.2) is 5.82 Å². The normalized spacial score (nSPS) is 26.4. The van der Waals surface area contributed by atoms with Crippen molar-refractivity contribution in [2.24, 2.45) is 17.8 Å². The Balaban J connectivity index is 1.33. The van der Waals surface area contributed by atoms with E-state index < -0.39 is 0 Å². The molecule has 2 aliphatic rings. The summed E-state index contributed by atoms with van der Waals surface area (Å²) in [5.41, 5.74) is 0.639. The molecule has 5 atom stereocenters. The van der Waals surface area contributed by atoms with Crippen molar-refractivity contribution in [1.29, 1.82) is 0 Å². The number of carbonyl (C=O) groups is 2. The molecule has 2 aromatic rings. The van der Waals surface area contributed by atoms with Crippen LogP contribution in [0.15, 0.2) is 30.5 Å². The van der Waals surface area contributed by atoms with Crippen molar-refractivity contribution >= 4 is 29.2 Å². The number of rotatable bonds is 6. The van der Waals surface area contributed by atoms with Gasteiger partial charge in [0.05, 0.1) is 12.2 Å². The van der Waals surface area contributed by atoms with Crippen LogP contribution in [-0.4, -0.2) is 32.9 Å². The van der Waals surface area contributed by atoms with Crippen LogP contribution in [0.3, 0.4) is 0 Å². The van der Waals surface area contributed by atoms with Crippen LogP contribution in [0.4, 0.5) is 5.82 Å². The summed E-state index contributed by atoms with van der Waals surface area (Å²) < 4.78 is 1.86. The molecule has 2 saturated carbocycles. The van der Waals surface area contributed by atoms with Crippen LogP contribution >= 0.6 is 11.6 Å². The van der Waals surface area contributed by atoms with Gasteiger partial charge >= 0.3 is 0 Å². The van der Waals surface area contributed by atoms with Gasteiger partial charge in [-0.1, -0.05) is 23.7 Å². The Morgan fingerprint density at radius 1 is 1.25 bits per heavy atom. The number of amides is 2. The van der Waals surface area contributed by atoms with Gasteiger partial charge in [-0.25, -0.2) is 4.68 Å². The fourth-order valence-corrected chi connectivity index (χ4v) is 4.82. The van der Waals surface area contributed by atoms with Crippen molar-refractivity contribution in [1.82, 2.24) is 20.3 Å². The summed E-state index contributed by atoms with van der Waals surface area (Å²) in [4.78, 5) is 23.7. The quantitative estimate of drug-likeness (QED) is 0.777. The van der Waals surface area contributed by atoms with E-state index in [4.69, 9.17) is 11.6 Å². The molecule has 0 aliphatic heterocycles. The Labute approximate surface area is 168 Å². The highest BCUT2D eigenvalue weighted by atomic mass is 35.5. The van der Waals surface area contributed by atoms with E-state index in [9.17, 15) is 9.59 Å². The lowest BCUT2D eigenvalue weighted by Gasteiger charge is -2.21. The second kappa shape index (κ2) is 7.54. The van der Waals surface area contributed by atoms with Gasteiger partial charge in [0.25, 0.3) is 5.91 Å². The van der Waals surface area contributed by atoms with Gasteiger partial charge in [-0.15, -0.1) is 5.10 Å². The van der Waals surface area contributed by atoms with Crippen molar-refractivity contribution in [3.05, 3.63) is 41.0 Å². The lowest BCUT2D eigenvalue weighted by atomic mass is 9.99. The highest BCUT2D eigenvalue weighted by Crippen LogP contribution is 2.62. The summed E-state index contributed by atoms with van der Waals surface area (Å²) in [5.74, 6) is 2.04. The van der Waals surface area contributed by atoms with E-state index in [0.29, 0.717) is 40.2 Å². The first kappa shape index (κ1) is 18.9. The Morgan fingerprint density at radius 3 is 2.54 bits per heavy atom. The molecule has 1 aromatic heterocycles. The third-order valence-electron chi connectivity index (χ3n) is 6.00. The average Bonchev–Trinajstić information content (AvgIpc) is 3.02. The average molecular weight is 402 g/mol. The second-order valence-electron chi connectivity index (χ2n) is 7.79. The molecule has 28 heavy (non-hydrogen) atoms. The van der Waals surface area contributed by atoms with Crippen molar-refractivity contribution < 1.29 is 9.59 Å². The third kappa shape index (κ3) is 3.76. The summed E-state index contributed by atoms with van der Waals surface area (Å²) >= 11 is 5.90. The van der Waals surface area contributed by atoms with Gasteiger partial charge in [0.1, 0.15) is 0 Å². The Hall–Kier alpha value is -2.41. The molecule has 1 aromatic carbocycles. The molecule has 148 valence electrons. The molecule has 1 heterocycles. The highest BCUT2D eigenvalue weighted by molar-refractivity contribution is 6.30. The number of hydrogen-bond donors (Lipinski definition) is 2. The molecule has 0 bridgehead atoms. The molecule has 4 rings (SSSR count). The minimum absolute atomic E-state index is 0.0405. The first-order valence-corrected chi connectivity index (χ1v) is 10.1. The van der Waals surface area contributed by atoms with Crippen LogP contribution in [0.1, 0.15) is 49.5 Å². The molecular formula is C20H24ClN5O2. The third-order valence-corrected chi connectivity index (χ3v) is 6.25. The highest BCUT2D eigenvalue weighted by Gasteiger charge is 2.59. The first-order valence-electron chi connectivity index (χ1n) is 9.72. The van der Waals surface area contributed by atoms with Crippen LogP contribution in [0.2, 0.25) is 5.02 Å². The molecule has 0 spiro atoms. The number of aromatic nitrogens is 3. The number of nitrogens with one attached hydrogen (secondary N) is 2. The monoisotopic (exact) mass is 401 g/mol. The van der Waals surface area contributed by atoms with E-state index in [-0.39, 0.29) is 17.9 Å². The number of nitrogens with zero attached hydrogens (tertiary/aromatic N) is 3. The fourth-order valence-electron chi connectivity index (χ4n) is 4.69. The molecule has 2 aliphatic carbocycles. The number of halogens is 1. The number of carbonyl (C=O) groups excluding carboxylic acids is 2. The van der Waals surface area contributed by atoms with Crippen molar-refractivity contribution in [2.75, 3.05) is 5.32 Å². The van der Waals surface area contributed by atoms with Crippen molar-refractivity contribution in [3.63, 3.8) is 0 Å². The van der Waals surface area contributed by atoms with Gasteiger partial charge in [-0.3, -0.25) is 9.59 Å². The molecule has 3 unspecified atom stereocenters. The molecular weight excluding hydrogens is 378 g/mol. The SMILES string of the molecule is CCC(NC(=O)c1ccc(Cl)cc1)C1[C@H]2CC(n3cc(NC(C)=O)nn3)C[C@@H]12.